The van der Waals surface area contributed by atoms with Crippen LogP contribution >= 0.6 is 0 Å². The van der Waals surface area contributed by atoms with E-state index >= 15 is 0 Å². The van der Waals surface area contributed by atoms with Gasteiger partial charge in [-0.25, -0.2) is 9.97 Å². The maximum atomic E-state index is 9.47. The summed E-state index contributed by atoms with van der Waals surface area (Å²) in [6.45, 7) is 4.52. The van der Waals surface area contributed by atoms with Crippen LogP contribution < -0.4 is 9.47 Å². The first-order valence-electron chi connectivity index (χ1n) is 16.3. The Morgan fingerprint density at radius 3 is 2.04 bits per heavy atom. The van der Waals surface area contributed by atoms with E-state index in [-0.39, 0.29) is 5.41 Å². The molecule has 5 heteroatoms. The van der Waals surface area contributed by atoms with Gasteiger partial charge in [0.05, 0.1) is 23.0 Å². The fourth-order valence-electron chi connectivity index (χ4n) is 7.12. The summed E-state index contributed by atoms with van der Waals surface area (Å²) in [6.07, 6.45) is 0. The van der Waals surface area contributed by atoms with Gasteiger partial charge in [-0.2, -0.15) is 5.26 Å². The minimum Gasteiger partial charge on any atom is -0.449 e. The first-order chi connectivity index (χ1) is 24.0. The molecule has 49 heavy (non-hydrogen) atoms. The van der Waals surface area contributed by atoms with Crippen molar-refractivity contribution in [3.8, 4) is 85.2 Å². The molecule has 0 N–H and O–H groups in total. The molecule has 0 unspecified atom stereocenters. The maximum absolute atomic E-state index is 9.47. The normalized spacial score (nSPS) is 13.2. The Bertz CT molecular complexity index is 2490. The Hall–Kier alpha value is -6.51. The Kier molecular flexibility index (Phi) is 6.47. The summed E-state index contributed by atoms with van der Waals surface area (Å²) < 4.78 is 13.5. The van der Waals surface area contributed by atoms with E-state index in [1.165, 1.54) is 16.7 Å². The van der Waals surface area contributed by atoms with E-state index in [9.17, 15) is 5.26 Å². The van der Waals surface area contributed by atoms with Crippen molar-refractivity contribution in [1.82, 2.24) is 9.97 Å². The van der Waals surface area contributed by atoms with Gasteiger partial charge < -0.3 is 9.47 Å². The summed E-state index contributed by atoms with van der Waals surface area (Å²) in [4.78, 5) is 10.1. The quantitative estimate of drug-likeness (QED) is 0.193. The van der Waals surface area contributed by atoms with Crippen LogP contribution in [0.25, 0.3) is 56.2 Å². The Morgan fingerprint density at radius 1 is 0.531 bits per heavy atom. The topological polar surface area (TPSA) is 68.0 Å². The monoisotopic (exact) mass is 631 g/mol. The molecule has 0 atom stereocenters. The molecular formula is C44H29N3O2. The molecule has 7 aromatic rings. The molecule has 0 radical (unpaired) electrons. The standard InChI is InChI=1S/C44H29N3O2/c1-44(2)34-19-7-6-17-32(34)40-35(44)21-22-39-42(40)49-38-20-10-18-33(41(38)48-39)37-25-36(46-43(47-37)28-12-4-3-5-13-28)31-16-9-15-30(24-31)29-14-8-11-27(23-29)26-45/h3-25H,1-2H3. The van der Waals surface area contributed by atoms with Crippen molar-refractivity contribution in [1.29, 1.82) is 5.26 Å². The van der Waals surface area contributed by atoms with Gasteiger partial charge in [-0.05, 0) is 70.3 Å². The van der Waals surface area contributed by atoms with Crippen molar-refractivity contribution >= 4 is 0 Å². The van der Waals surface area contributed by atoms with Gasteiger partial charge in [-0.1, -0.05) is 111 Å². The SMILES string of the molecule is CC1(C)c2ccccc2-c2c1ccc1c2Oc2cccc(-c3cc(-c4cccc(-c5cccc(C#N)c5)c4)nc(-c4ccccc4)n3)c2O1. The zero-order valence-electron chi connectivity index (χ0n) is 26.9. The van der Waals surface area contributed by atoms with Gasteiger partial charge in [-0.15, -0.1) is 0 Å². The number of hydrogen-bond donors (Lipinski definition) is 0. The summed E-state index contributed by atoms with van der Waals surface area (Å²) in [7, 11) is 0. The lowest BCUT2D eigenvalue weighted by molar-refractivity contribution is 0.361. The van der Waals surface area contributed by atoms with Crippen molar-refractivity contribution in [3.63, 3.8) is 0 Å². The van der Waals surface area contributed by atoms with E-state index in [2.05, 4.69) is 62.4 Å². The molecule has 6 aromatic carbocycles. The highest BCUT2D eigenvalue weighted by atomic mass is 16.6. The first-order valence-corrected chi connectivity index (χ1v) is 16.3. The number of aromatic nitrogens is 2. The van der Waals surface area contributed by atoms with Gasteiger partial charge in [0, 0.05) is 27.7 Å². The number of nitrogens with zero attached hydrogens (tertiary/aromatic N) is 3. The molecule has 1 aliphatic heterocycles. The van der Waals surface area contributed by atoms with Gasteiger partial charge >= 0.3 is 0 Å². The highest BCUT2D eigenvalue weighted by molar-refractivity contribution is 5.89. The number of hydrogen-bond acceptors (Lipinski definition) is 5. The summed E-state index contributed by atoms with van der Waals surface area (Å²) in [5.74, 6) is 3.28. The molecule has 0 saturated carbocycles. The molecule has 0 fully saturated rings. The molecule has 0 amide bonds. The average molecular weight is 632 g/mol. The second-order valence-electron chi connectivity index (χ2n) is 12.9. The first kappa shape index (κ1) is 28.7. The molecule has 9 rings (SSSR count). The van der Waals surface area contributed by atoms with Crippen molar-refractivity contribution in [2.45, 2.75) is 19.3 Å². The highest BCUT2D eigenvalue weighted by Crippen LogP contribution is 2.59. The molecule has 2 heterocycles. The van der Waals surface area contributed by atoms with Crippen LogP contribution in [0, 0.1) is 11.3 Å². The molecule has 2 aliphatic rings. The van der Waals surface area contributed by atoms with E-state index in [1.54, 1.807) is 0 Å². The summed E-state index contributed by atoms with van der Waals surface area (Å²) in [5.41, 5.74) is 11.4. The number of para-hydroxylation sites is 1. The van der Waals surface area contributed by atoms with Crippen LogP contribution in [0.5, 0.6) is 23.0 Å². The second kappa shape index (κ2) is 11.0. The van der Waals surface area contributed by atoms with E-state index in [1.807, 2.05) is 97.1 Å². The van der Waals surface area contributed by atoms with Gasteiger partial charge in [-0.3, -0.25) is 0 Å². The summed E-state index contributed by atoms with van der Waals surface area (Å²) >= 11 is 0. The van der Waals surface area contributed by atoms with Crippen LogP contribution in [0.1, 0.15) is 30.5 Å². The zero-order chi connectivity index (χ0) is 33.1. The number of benzene rings is 6. The van der Waals surface area contributed by atoms with Gasteiger partial charge in [0.2, 0.25) is 0 Å². The summed E-state index contributed by atoms with van der Waals surface area (Å²) in [5, 5.41) is 9.47. The lowest BCUT2D eigenvalue weighted by Crippen LogP contribution is -2.15. The average Bonchev–Trinajstić information content (AvgIpc) is 3.40. The van der Waals surface area contributed by atoms with E-state index in [4.69, 9.17) is 19.4 Å². The van der Waals surface area contributed by atoms with Crippen LogP contribution in [0.4, 0.5) is 0 Å². The Morgan fingerprint density at radius 2 is 1.18 bits per heavy atom. The largest absolute Gasteiger partial charge is 0.449 e. The fraction of sp³-hybridized carbons (Fsp3) is 0.0682. The predicted octanol–water partition coefficient (Wildman–Crippen LogP) is 11.2. The van der Waals surface area contributed by atoms with Crippen LogP contribution in [-0.2, 0) is 5.41 Å². The molecule has 0 saturated heterocycles. The number of ether oxygens (including phenoxy) is 2. The third-order valence-corrected chi connectivity index (χ3v) is 9.59. The zero-order valence-corrected chi connectivity index (χ0v) is 26.9. The number of nitriles is 1. The maximum Gasteiger partial charge on any atom is 0.179 e. The smallest absolute Gasteiger partial charge is 0.179 e. The molecule has 1 aliphatic carbocycles. The van der Waals surface area contributed by atoms with E-state index in [0.717, 1.165) is 50.5 Å². The minimum absolute atomic E-state index is 0.145. The van der Waals surface area contributed by atoms with Crippen molar-refractivity contribution < 1.29 is 9.47 Å². The molecule has 5 nitrogen and oxygen atoms in total. The van der Waals surface area contributed by atoms with Gasteiger partial charge in [0.25, 0.3) is 0 Å². The second-order valence-corrected chi connectivity index (χ2v) is 12.9. The Labute approximate surface area is 284 Å². The summed E-state index contributed by atoms with van der Waals surface area (Å²) in [6, 6.07) is 48.8. The Balaban J connectivity index is 1.18. The molecule has 0 bridgehead atoms. The lowest BCUT2D eigenvalue weighted by atomic mass is 9.82. The van der Waals surface area contributed by atoms with Gasteiger partial charge in [0.15, 0.2) is 28.8 Å². The molecule has 0 spiro atoms. The van der Waals surface area contributed by atoms with E-state index < -0.39 is 0 Å². The predicted molar refractivity (Wildman–Crippen MR) is 193 cm³/mol. The molecule has 1 aromatic heterocycles. The lowest BCUT2D eigenvalue weighted by Gasteiger charge is -2.26. The third kappa shape index (κ3) is 4.69. The number of fused-ring (bicyclic) bond motifs is 6. The van der Waals surface area contributed by atoms with Crippen LogP contribution in [0.15, 0.2) is 140 Å². The van der Waals surface area contributed by atoms with Crippen LogP contribution in [0.2, 0.25) is 0 Å². The van der Waals surface area contributed by atoms with Crippen molar-refractivity contribution in [2.24, 2.45) is 0 Å². The van der Waals surface area contributed by atoms with E-state index in [0.29, 0.717) is 28.6 Å². The van der Waals surface area contributed by atoms with Crippen LogP contribution in [-0.4, -0.2) is 9.97 Å². The van der Waals surface area contributed by atoms with Crippen molar-refractivity contribution in [3.05, 3.63) is 156 Å². The van der Waals surface area contributed by atoms with Gasteiger partial charge in [0.1, 0.15) is 0 Å². The van der Waals surface area contributed by atoms with Crippen LogP contribution in [0.3, 0.4) is 0 Å². The minimum atomic E-state index is -0.145. The highest BCUT2D eigenvalue weighted by Gasteiger charge is 2.39. The fourth-order valence-corrected chi connectivity index (χ4v) is 7.12. The number of rotatable bonds is 4. The molecular weight excluding hydrogens is 603 g/mol. The third-order valence-electron chi connectivity index (χ3n) is 9.59. The molecule has 232 valence electrons. The van der Waals surface area contributed by atoms with Crippen molar-refractivity contribution in [2.75, 3.05) is 0 Å².